The minimum Gasteiger partial charge on any atom is -0.493 e. The van der Waals surface area contributed by atoms with Gasteiger partial charge in [-0.3, -0.25) is 4.79 Å². The third-order valence-corrected chi connectivity index (χ3v) is 8.24. The first-order valence-electron chi connectivity index (χ1n) is 14.3. The number of rotatable bonds is 7. The molecule has 1 unspecified atom stereocenters. The van der Waals surface area contributed by atoms with Gasteiger partial charge in [-0.25, -0.2) is 9.97 Å². The first-order valence-corrected chi connectivity index (χ1v) is 14.3. The molecule has 2 fully saturated rings. The van der Waals surface area contributed by atoms with E-state index >= 15 is 0 Å². The van der Waals surface area contributed by atoms with Crippen LogP contribution in [0.5, 0.6) is 5.75 Å². The molecule has 0 spiro atoms. The monoisotopic (exact) mass is 558 g/mol. The molecule has 0 saturated carbocycles. The Morgan fingerprint density at radius 2 is 1.80 bits per heavy atom. The topological polar surface area (TPSA) is 67.8 Å². The van der Waals surface area contributed by atoms with Gasteiger partial charge in [0.15, 0.2) is 0 Å². The predicted octanol–water partition coefficient (Wildman–Crippen LogP) is 5.41. The molecule has 0 bridgehead atoms. The maximum absolute atomic E-state index is 14.1. The average molecular weight is 559 g/mol. The third kappa shape index (κ3) is 6.77. The molecule has 1 aliphatic carbocycles. The fourth-order valence-corrected chi connectivity index (χ4v) is 5.65. The molecule has 10 heteroatoms. The van der Waals surface area contributed by atoms with Crippen LogP contribution in [0.1, 0.15) is 61.6 Å². The Balaban J connectivity index is 1.18. The average Bonchev–Trinajstić information content (AvgIpc) is 3.00. The Hall–Kier alpha value is -3.14. The molecule has 1 amide bonds. The van der Waals surface area contributed by atoms with Crippen LogP contribution in [0.25, 0.3) is 0 Å². The summed E-state index contributed by atoms with van der Waals surface area (Å²) in [6, 6.07) is 4.45. The zero-order valence-corrected chi connectivity index (χ0v) is 23.0. The Morgan fingerprint density at radius 3 is 2.42 bits per heavy atom. The first kappa shape index (κ1) is 28.4. The lowest BCUT2D eigenvalue weighted by Crippen LogP contribution is -2.41. The van der Waals surface area contributed by atoms with Gasteiger partial charge in [0.1, 0.15) is 5.75 Å². The Kier molecular flexibility index (Phi) is 8.93. The van der Waals surface area contributed by atoms with Gasteiger partial charge in [-0.1, -0.05) is 19.1 Å². The van der Waals surface area contributed by atoms with Gasteiger partial charge in [-0.2, -0.15) is 13.2 Å². The number of carbonyl (C=O) groups is 1. The molecule has 2 saturated heterocycles. The van der Waals surface area contributed by atoms with Crippen LogP contribution < -0.4 is 9.64 Å². The van der Waals surface area contributed by atoms with Crippen molar-refractivity contribution in [2.45, 2.75) is 57.5 Å². The number of aromatic nitrogens is 2. The van der Waals surface area contributed by atoms with Gasteiger partial charge in [0, 0.05) is 44.1 Å². The molecule has 1 atom stereocenters. The lowest BCUT2D eigenvalue weighted by atomic mass is 9.83. The number of nitrogens with zero attached hydrogens (tertiary/aromatic N) is 4. The number of amides is 1. The highest BCUT2D eigenvalue weighted by Gasteiger charge is 2.36. The number of anilines is 1. The van der Waals surface area contributed by atoms with E-state index in [0.717, 1.165) is 43.5 Å². The van der Waals surface area contributed by atoms with E-state index in [1.807, 2.05) is 18.5 Å². The van der Waals surface area contributed by atoms with E-state index in [1.54, 1.807) is 11.0 Å². The summed E-state index contributed by atoms with van der Waals surface area (Å²) in [5.74, 6) is 0.703. The molecule has 0 radical (unpaired) electrons. The van der Waals surface area contributed by atoms with E-state index < -0.39 is 11.7 Å². The van der Waals surface area contributed by atoms with E-state index in [1.165, 1.54) is 12.1 Å². The Morgan fingerprint density at radius 1 is 1.07 bits per heavy atom. The SMILES string of the molecule is CCc1cnc(N2CCC(COc3ccc(C4CC=C(C(=O)N5CCOCC5)CC4)cc3C(F)(F)F)CC2)nc1. The highest BCUT2D eigenvalue weighted by atomic mass is 19.4. The highest BCUT2D eigenvalue weighted by molar-refractivity contribution is 5.93. The number of morpholine rings is 1. The molecular weight excluding hydrogens is 521 g/mol. The second-order valence-corrected chi connectivity index (χ2v) is 10.8. The number of carbonyl (C=O) groups excluding carboxylic acids is 1. The van der Waals surface area contributed by atoms with Crippen LogP contribution in [-0.2, 0) is 22.1 Å². The number of allylic oxidation sites excluding steroid dienone is 1. The summed E-state index contributed by atoms with van der Waals surface area (Å²) >= 11 is 0. The lowest BCUT2D eigenvalue weighted by molar-refractivity contribution is -0.139. The molecule has 40 heavy (non-hydrogen) atoms. The van der Waals surface area contributed by atoms with Gasteiger partial charge < -0.3 is 19.3 Å². The maximum atomic E-state index is 14.1. The fourth-order valence-electron chi connectivity index (χ4n) is 5.65. The van der Waals surface area contributed by atoms with Crippen LogP contribution in [0.2, 0.25) is 0 Å². The van der Waals surface area contributed by atoms with Crippen molar-refractivity contribution in [2.75, 3.05) is 50.9 Å². The fraction of sp³-hybridized carbons (Fsp3) is 0.567. The molecule has 1 aromatic carbocycles. The molecule has 3 heterocycles. The summed E-state index contributed by atoms with van der Waals surface area (Å²) in [6.07, 6.45) is 5.31. The summed E-state index contributed by atoms with van der Waals surface area (Å²) in [5, 5.41) is 0. The highest BCUT2D eigenvalue weighted by Crippen LogP contribution is 2.41. The maximum Gasteiger partial charge on any atom is 0.419 e. The lowest BCUT2D eigenvalue weighted by Gasteiger charge is -2.32. The second kappa shape index (κ2) is 12.6. The van der Waals surface area contributed by atoms with E-state index in [2.05, 4.69) is 21.8 Å². The zero-order chi connectivity index (χ0) is 28.1. The first-order chi connectivity index (χ1) is 19.3. The zero-order valence-electron chi connectivity index (χ0n) is 23.0. The van der Waals surface area contributed by atoms with E-state index in [-0.39, 0.29) is 30.1 Å². The van der Waals surface area contributed by atoms with Crippen LogP contribution in [0.3, 0.4) is 0 Å². The van der Waals surface area contributed by atoms with Crippen LogP contribution in [0.15, 0.2) is 42.2 Å². The number of ether oxygens (including phenoxy) is 2. The quantitative estimate of drug-likeness (QED) is 0.453. The Labute approximate surface area is 233 Å². The minimum atomic E-state index is -4.52. The van der Waals surface area contributed by atoms with E-state index in [0.29, 0.717) is 57.1 Å². The van der Waals surface area contributed by atoms with Crippen LogP contribution in [-0.4, -0.2) is 66.8 Å². The molecule has 216 valence electrons. The second-order valence-electron chi connectivity index (χ2n) is 10.8. The molecule has 1 aromatic heterocycles. The molecule has 3 aliphatic rings. The van der Waals surface area contributed by atoms with Gasteiger partial charge in [-0.15, -0.1) is 0 Å². The van der Waals surface area contributed by atoms with Crippen molar-refractivity contribution in [3.8, 4) is 5.75 Å². The van der Waals surface area contributed by atoms with Crippen molar-refractivity contribution in [3.05, 3.63) is 58.9 Å². The summed E-state index contributed by atoms with van der Waals surface area (Å²) in [6.45, 7) is 6.03. The van der Waals surface area contributed by atoms with E-state index in [4.69, 9.17) is 9.47 Å². The van der Waals surface area contributed by atoms with Crippen molar-refractivity contribution < 1.29 is 27.4 Å². The predicted molar refractivity (Wildman–Crippen MR) is 145 cm³/mol. The van der Waals surface area contributed by atoms with Crippen LogP contribution in [0.4, 0.5) is 19.1 Å². The summed E-state index contributed by atoms with van der Waals surface area (Å²) < 4.78 is 53.3. The van der Waals surface area contributed by atoms with Crippen molar-refractivity contribution in [1.29, 1.82) is 0 Å². The number of alkyl halides is 3. The van der Waals surface area contributed by atoms with Gasteiger partial charge in [-0.05, 0) is 73.6 Å². The molecule has 5 rings (SSSR count). The Bertz CT molecular complexity index is 1190. The van der Waals surface area contributed by atoms with Crippen molar-refractivity contribution in [1.82, 2.24) is 14.9 Å². The number of benzene rings is 1. The van der Waals surface area contributed by atoms with Crippen molar-refractivity contribution in [2.24, 2.45) is 5.92 Å². The van der Waals surface area contributed by atoms with Crippen molar-refractivity contribution in [3.63, 3.8) is 0 Å². The van der Waals surface area contributed by atoms with Crippen molar-refractivity contribution >= 4 is 11.9 Å². The number of halogens is 3. The molecular formula is C30H37F3N4O3. The number of hydrogen-bond acceptors (Lipinski definition) is 6. The van der Waals surface area contributed by atoms with Gasteiger partial charge in [0.2, 0.25) is 11.9 Å². The van der Waals surface area contributed by atoms with Gasteiger partial charge in [0.25, 0.3) is 0 Å². The molecule has 0 N–H and O–H groups in total. The third-order valence-electron chi connectivity index (χ3n) is 8.24. The minimum absolute atomic E-state index is 0.0224. The number of hydrogen-bond donors (Lipinski definition) is 0. The van der Waals surface area contributed by atoms with Crippen LogP contribution in [0, 0.1) is 5.92 Å². The number of piperidine rings is 1. The number of aryl methyl sites for hydroxylation is 1. The molecule has 2 aliphatic heterocycles. The normalized spacial score (nSPS) is 20.8. The molecule has 7 nitrogen and oxygen atoms in total. The largest absolute Gasteiger partial charge is 0.493 e. The molecule has 2 aromatic rings. The summed E-state index contributed by atoms with van der Waals surface area (Å²) in [4.78, 5) is 25.6. The summed E-state index contributed by atoms with van der Waals surface area (Å²) in [7, 11) is 0. The smallest absolute Gasteiger partial charge is 0.419 e. The standard InChI is InChI=1S/C30H37F3N4O3/c1-2-21-18-34-29(35-19-21)37-11-9-22(10-12-37)20-40-27-8-7-25(17-26(27)30(31,32)33)23-3-5-24(6-4-23)28(38)36-13-15-39-16-14-36/h5,7-8,17-19,22-23H,2-4,6,9-16,20H2,1H3. The van der Waals surface area contributed by atoms with Crippen LogP contribution >= 0.6 is 0 Å². The summed E-state index contributed by atoms with van der Waals surface area (Å²) in [5.41, 5.74) is 1.74. The van der Waals surface area contributed by atoms with Gasteiger partial charge >= 0.3 is 6.18 Å². The van der Waals surface area contributed by atoms with E-state index in [9.17, 15) is 18.0 Å². The van der Waals surface area contributed by atoms with Gasteiger partial charge in [0.05, 0.1) is 25.4 Å².